The molecule has 0 fully saturated rings. The number of cyclic esters (lactones) is 2. The van der Waals surface area contributed by atoms with Gasteiger partial charge < -0.3 is 4.74 Å². The Labute approximate surface area is 111 Å². The van der Waals surface area contributed by atoms with Gasteiger partial charge in [-0.3, -0.25) is 0 Å². The summed E-state index contributed by atoms with van der Waals surface area (Å²) in [5.74, 6) is -1.10. The van der Waals surface area contributed by atoms with Crippen molar-refractivity contribution in [1.29, 1.82) is 0 Å². The molecule has 0 bridgehead atoms. The Morgan fingerprint density at radius 2 is 1.21 bits per heavy atom. The molecule has 19 heavy (non-hydrogen) atoms. The third kappa shape index (κ3) is 3.07. The van der Waals surface area contributed by atoms with E-state index in [2.05, 4.69) is 42.8 Å². The molecule has 0 saturated carbocycles. The van der Waals surface area contributed by atoms with Crippen LogP contribution in [0.25, 0.3) is 0 Å². The Bertz CT molecular complexity index is 579. The van der Waals surface area contributed by atoms with Crippen molar-refractivity contribution in [2.75, 3.05) is 0 Å². The van der Waals surface area contributed by atoms with E-state index < -0.39 is 11.9 Å². The lowest BCUT2D eigenvalue weighted by Crippen LogP contribution is -1.96. The molecule has 96 valence electrons. The second-order valence-electron chi connectivity index (χ2n) is 4.38. The molecule has 0 amide bonds. The minimum Gasteiger partial charge on any atom is -0.386 e. The summed E-state index contributed by atoms with van der Waals surface area (Å²) in [7, 11) is 0. The largest absolute Gasteiger partial charge is 0.386 e. The van der Waals surface area contributed by atoms with Gasteiger partial charge in [0.25, 0.3) is 0 Å². The Balaban J connectivity index is 0.000000148. The number of ether oxygens (including phenoxy) is 1. The molecule has 1 heterocycles. The normalized spacial score (nSPS) is 12.3. The van der Waals surface area contributed by atoms with Gasteiger partial charge in [0.1, 0.15) is 0 Å². The van der Waals surface area contributed by atoms with Crippen LogP contribution in [-0.4, -0.2) is 11.9 Å². The summed E-state index contributed by atoms with van der Waals surface area (Å²) in [5.41, 5.74) is 3.39. The van der Waals surface area contributed by atoms with Crippen molar-refractivity contribution in [3.63, 3.8) is 0 Å². The van der Waals surface area contributed by atoms with Gasteiger partial charge >= 0.3 is 11.9 Å². The number of carbonyl (C=O) groups is 2. The number of fused-ring (bicyclic) bond motifs is 1. The van der Waals surface area contributed by atoms with Crippen LogP contribution < -0.4 is 0 Å². The molecular weight excluding hydrogens is 240 g/mol. The molecule has 0 aromatic heterocycles. The highest BCUT2D eigenvalue weighted by Crippen LogP contribution is 2.18. The van der Waals surface area contributed by atoms with E-state index in [0.717, 1.165) is 0 Å². The van der Waals surface area contributed by atoms with Gasteiger partial charge in [-0.25, -0.2) is 9.59 Å². The first-order chi connectivity index (χ1) is 9.08. The molecular formula is C16H14O3. The van der Waals surface area contributed by atoms with E-state index in [1.165, 1.54) is 11.1 Å². The first-order valence-corrected chi connectivity index (χ1v) is 5.97. The average molecular weight is 254 g/mol. The summed E-state index contributed by atoms with van der Waals surface area (Å²) in [6, 6.07) is 15.0. The number of esters is 2. The van der Waals surface area contributed by atoms with Crippen LogP contribution in [0.5, 0.6) is 0 Å². The van der Waals surface area contributed by atoms with Gasteiger partial charge in [-0.2, -0.15) is 0 Å². The maximum absolute atomic E-state index is 10.8. The first-order valence-electron chi connectivity index (χ1n) is 5.97. The summed E-state index contributed by atoms with van der Waals surface area (Å²) in [6.45, 7) is 4.21. The maximum Gasteiger partial charge on any atom is 0.346 e. The molecule has 0 atom stereocenters. The predicted molar refractivity (Wildman–Crippen MR) is 72.1 cm³/mol. The van der Waals surface area contributed by atoms with Gasteiger partial charge in [0.15, 0.2) is 0 Å². The minimum absolute atomic E-state index is 0.359. The van der Waals surface area contributed by atoms with Crippen LogP contribution in [0.15, 0.2) is 48.5 Å². The van der Waals surface area contributed by atoms with E-state index in [9.17, 15) is 9.59 Å². The van der Waals surface area contributed by atoms with Crippen molar-refractivity contribution in [1.82, 2.24) is 0 Å². The summed E-state index contributed by atoms with van der Waals surface area (Å²) >= 11 is 0. The highest BCUT2D eigenvalue weighted by atomic mass is 16.6. The van der Waals surface area contributed by atoms with Crippen LogP contribution in [0, 0.1) is 13.8 Å². The Hall–Kier alpha value is -2.42. The smallest absolute Gasteiger partial charge is 0.346 e. The SMILES string of the molecule is Cc1cccc(C)c1.O=C1OC(=O)c2ccccc21. The zero-order valence-electron chi connectivity index (χ0n) is 10.8. The number of hydrogen-bond donors (Lipinski definition) is 0. The van der Waals surface area contributed by atoms with Crippen molar-refractivity contribution < 1.29 is 14.3 Å². The van der Waals surface area contributed by atoms with Crippen molar-refractivity contribution in [3.05, 3.63) is 70.8 Å². The molecule has 0 aliphatic carbocycles. The lowest BCUT2D eigenvalue weighted by Gasteiger charge is -1.90. The highest BCUT2D eigenvalue weighted by molar-refractivity contribution is 6.14. The molecule has 1 aliphatic heterocycles. The van der Waals surface area contributed by atoms with Crippen LogP contribution in [0.4, 0.5) is 0 Å². The molecule has 0 spiro atoms. The van der Waals surface area contributed by atoms with Crippen molar-refractivity contribution in [2.45, 2.75) is 13.8 Å². The molecule has 0 radical (unpaired) electrons. The quantitative estimate of drug-likeness (QED) is 0.535. The number of carbonyl (C=O) groups excluding carboxylic acids is 2. The maximum atomic E-state index is 10.8. The molecule has 0 N–H and O–H groups in total. The number of rotatable bonds is 0. The van der Waals surface area contributed by atoms with Gasteiger partial charge in [0.05, 0.1) is 11.1 Å². The summed E-state index contributed by atoms with van der Waals surface area (Å²) in [5, 5.41) is 0. The molecule has 3 heteroatoms. The van der Waals surface area contributed by atoms with Crippen molar-refractivity contribution >= 4 is 11.9 Å². The number of benzene rings is 2. The summed E-state index contributed by atoms with van der Waals surface area (Å²) < 4.78 is 4.35. The second kappa shape index (κ2) is 5.48. The fraction of sp³-hybridized carbons (Fsp3) is 0.125. The van der Waals surface area contributed by atoms with Crippen molar-refractivity contribution in [2.24, 2.45) is 0 Å². The zero-order valence-corrected chi connectivity index (χ0v) is 10.8. The summed E-state index contributed by atoms with van der Waals surface area (Å²) in [6.07, 6.45) is 0. The Morgan fingerprint density at radius 1 is 0.737 bits per heavy atom. The molecule has 3 rings (SSSR count). The first kappa shape index (κ1) is 13.0. The van der Waals surface area contributed by atoms with E-state index in [-0.39, 0.29) is 0 Å². The van der Waals surface area contributed by atoms with Gasteiger partial charge in [0, 0.05) is 0 Å². The van der Waals surface area contributed by atoms with E-state index in [1.54, 1.807) is 24.3 Å². The van der Waals surface area contributed by atoms with E-state index in [1.807, 2.05) is 0 Å². The van der Waals surface area contributed by atoms with Gasteiger partial charge in [0.2, 0.25) is 0 Å². The second-order valence-corrected chi connectivity index (χ2v) is 4.38. The van der Waals surface area contributed by atoms with Crippen LogP contribution in [0.2, 0.25) is 0 Å². The van der Waals surface area contributed by atoms with Crippen molar-refractivity contribution in [3.8, 4) is 0 Å². The van der Waals surface area contributed by atoms with Gasteiger partial charge in [-0.05, 0) is 26.0 Å². The van der Waals surface area contributed by atoms with E-state index in [0.29, 0.717) is 11.1 Å². The third-order valence-corrected chi connectivity index (χ3v) is 2.73. The van der Waals surface area contributed by atoms with Gasteiger partial charge in [-0.15, -0.1) is 0 Å². The monoisotopic (exact) mass is 254 g/mol. The fourth-order valence-electron chi connectivity index (χ4n) is 1.84. The minimum atomic E-state index is -0.550. The third-order valence-electron chi connectivity index (χ3n) is 2.73. The fourth-order valence-corrected chi connectivity index (χ4v) is 1.84. The molecule has 2 aromatic carbocycles. The standard InChI is InChI=1S/C8H4O3.C8H10/c9-7-5-3-1-2-4-6(5)8(10)11-7;1-7-4-3-5-8(2)6-7/h1-4H;3-6H,1-2H3. The Kier molecular flexibility index (Phi) is 3.76. The molecule has 2 aromatic rings. The van der Waals surface area contributed by atoms with Crippen LogP contribution in [0.1, 0.15) is 31.8 Å². The molecule has 0 unspecified atom stereocenters. The topological polar surface area (TPSA) is 43.4 Å². The zero-order chi connectivity index (χ0) is 13.8. The molecule has 3 nitrogen and oxygen atoms in total. The van der Waals surface area contributed by atoms with Crippen LogP contribution >= 0.6 is 0 Å². The molecule has 1 aliphatic rings. The highest BCUT2D eigenvalue weighted by Gasteiger charge is 2.28. The van der Waals surface area contributed by atoms with E-state index >= 15 is 0 Å². The van der Waals surface area contributed by atoms with Gasteiger partial charge in [-0.1, -0.05) is 47.5 Å². The lowest BCUT2D eigenvalue weighted by molar-refractivity contribution is 0.0444. The predicted octanol–water partition coefficient (Wildman–Crippen LogP) is 3.30. The lowest BCUT2D eigenvalue weighted by atomic mass is 10.1. The Morgan fingerprint density at radius 3 is 1.58 bits per heavy atom. The summed E-state index contributed by atoms with van der Waals surface area (Å²) in [4.78, 5) is 21.7. The van der Waals surface area contributed by atoms with Crippen LogP contribution in [0.3, 0.4) is 0 Å². The number of aryl methyl sites for hydroxylation is 2. The number of hydrogen-bond acceptors (Lipinski definition) is 3. The molecule has 0 saturated heterocycles. The van der Waals surface area contributed by atoms with E-state index in [4.69, 9.17) is 0 Å². The van der Waals surface area contributed by atoms with Crippen LogP contribution in [-0.2, 0) is 4.74 Å². The average Bonchev–Trinajstić information content (AvgIpc) is 2.66.